The van der Waals surface area contributed by atoms with E-state index in [2.05, 4.69) is 11.8 Å². The Kier molecular flexibility index (Phi) is 5.47. The zero-order chi connectivity index (χ0) is 9.52. The number of carbonyl (C=O) groups is 1. The molecule has 0 amide bonds. The summed E-state index contributed by atoms with van der Waals surface area (Å²) >= 11 is 2.00. The first-order valence-corrected chi connectivity index (χ1v) is 6.27. The van der Waals surface area contributed by atoms with E-state index in [1.54, 1.807) is 0 Å². The molecule has 0 aromatic carbocycles. The van der Waals surface area contributed by atoms with E-state index >= 15 is 0 Å². The summed E-state index contributed by atoms with van der Waals surface area (Å²) in [5.74, 6) is 2.79. The maximum absolute atomic E-state index is 10.5. The molecule has 0 aromatic rings. The van der Waals surface area contributed by atoms with Crippen molar-refractivity contribution in [3.63, 3.8) is 0 Å². The molecule has 3 heteroatoms. The average Bonchev–Trinajstić information content (AvgIpc) is 2.19. The molecule has 1 heterocycles. The van der Waals surface area contributed by atoms with Crippen LogP contribution in [0.2, 0.25) is 0 Å². The summed E-state index contributed by atoms with van der Waals surface area (Å²) in [4.78, 5) is 13.0. The van der Waals surface area contributed by atoms with E-state index < -0.39 is 0 Å². The Morgan fingerprint density at radius 2 is 2.15 bits per heavy atom. The van der Waals surface area contributed by atoms with E-state index in [1.165, 1.54) is 18.1 Å². The summed E-state index contributed by atoms with van der Waals surface area (Å²) in [6, 6.07) is 0. The summed E-state index contributed by atoms with van der Waals surface area (Å²) in [7, 11) is 0. The topological polar surface area (TPSA) is 20.3 Å². The molecule has 0 atom stereocenters. The van der Waals surface area contributed by atoms with E-state index in [9.17, 15) is 4.79 Å². The van der Waals surface area contributed by atoms with Crippen LogP contribution in [0.25, 0.3) is 0 Å². The molecule has 0 radical (unpaired) electrons. The van der Waals surface area contributed by atoms with Crippen LogP contribution in [0.5, 0.6) is 0 Å². The monoisotopic (exact) mass is 201 g/mol. The molecule has 1 aliphatic rings. The van der Waals surface area contributed by atoms with Crippen molar-refractivity contribution in [1.29, 1.82) is 0 Å². The molecular weight excluding hydrogens is 182 g/mol. The number of nitrogens with zero attached hydrogens (tertiary/aromatic N) is 1. The summed E-state index contributed by atoms with van der Waals surface area (Å²) in [5.41, 5.74) is 0. The maximum Gasteiger partial charge on any atom is 0.123 e. The van der Waals surface area contributed by atoms with Crippen molar-refractivity contribution >= 4 is 18.0 Å². The van der Waals surface area contributed by atoms with Gasteiger partial charge in [-0.15, -0.1) is 0 Å². The van der Waals surface area contributed by atoms with Gasteiger partial charge in [0.25, 0.3) is 0 Å². The lowest BCUT2D eigenvalue weighted by molar-refractivity contribution is -0.112. The highest BCUT2D eigenvalue weighted by Gasteiger charge is 2.17. The lowest BCUT2D eigenvalue weighted by Crippen LogP contribution is -2.35. The summed E-state index contributed by atoms with van der Waals surface area (Å²) < 4.78 is 0. The molecule has 1 saturated heterocycles. The number of aldehydes is 1. The second kappa shape index (κ2) is 6.44. The van der Waals surface area contributed by atoms with E-state index in [-0.39, 0.29) is 0 Å². The Bertz CT molecular complexity index is 144. The molecule has 0 saturated carbocycles. The van der Waals surface area contributed by atoms with Crippen molar-refractivity contribution in [3.8, 4) is 0 Å². The zero-order valence-electron chi connectivity index (χ0n) is 8.37. The van der Waals surface area contributed by atoms with Crippen LogP contribution in [0.1, 0.15) is 19.8 Å². The van der Waals surface area contributed by atoms with Crippen LogP contribution >= 0.6 is 11.8 Å². The predicted molar refractivity (Wildman–Crippen MR) is 58.2 cm³/mol. The van der Waals surface area contributed by atoms with Gasteiger partial charge in [-0.05, 0) is 31.7 Å². The summed E-state index contributed by atoms with van der Waals surface area (Å²) in [5, 5.41) is 0. The Labute approximate surface area is 85.1 Å². The van der Waals surface area contributed by atoms with Gasteiger partial charge in [0, 0.05) is 18.2 Å². The minimum atomic E-state index is 0.343. The van der Waals surface area contributed by atoms with Gasteiger partial charge < -0.3 is 9.69 Å². The predicted octanol–water partition coefficient (Wildman–Crippen LogP) is 1.65. The van der Waals surface area contributed by atoms with Crippen LogP contribution in [0.4, 0.5) is 0 Å². The smallest absolute Gasteiger partial charge is 0.123 e. The molecule has 1 fully saturated rings. The standard InChI is InChI=1S/C10H19NOS/c1-2-13-8-7-11-5-3-10(9-12)4-6-11/h9-10H,2-8H2,1H3. The normalized spacial score (nSPS) is 20.4. The maximum atomic E-state index is 10.5. The lowest BCUT2D eigenvalue weighted by atomic mass is 9.99. The van der Waals surface area contributed by atoms with E-state index in [4.69, 9.17) is 0 Å². The lowest BCUT2D eigenvalue weighted by Gasteiger charge is -2.29. The van der Waals surface area contributed by atoms with Crippen molar-refractivity contribution in [1.82, 2.24) is 4.90 Å². The largest absolute Gasteiger partial charge is 0.303 e. The minimum absolute atomic E-state index is 0.343. The highest BCUT2D eigenvalue weighted by atomic mass is 32.2. The molecule has 1 rings (SSSR count). The second-order valence-electron chi connectivity index (χ2n) is 3.51. The van der Waals surface area contributed by atoms with Crippen molar-refractivity contribution < 1.29 is 4.79 Å². The SMILES string of the molecule is CCSCCN1CCC(C=O)CC1. The number of hydrogen-bond donors (Lipinski definition) is 0. The second-order valence-corrected chi connectivity index (χ2v) is 4.91. The van der Waals surface area contributed by atoms with Gasteiger partial charge in [-0.2, -0.15) is 11.8 Å². The van der Waals surface area contributed by atoms with Crippen LogP contribution in [0.3, 0.4) is 0 Å². The molecule has 0 bridgehead atoms. The molecule has 13 heavy (non-hydrogen) atoms. The molecule has 0 aliphatic carbocycles. The fourth-order valence-corrected chi connectivity index (χ4v) is 2.33. The first-order valence-electron chi connectivity index (χ1n) is 5.12. The van der Waals surface area contributed by atoms with E-state index in [1.807, 2.05) is 11.8 Å². The third-order valence-corrected chi connectivity index (χ3v) is 3.46. The van der Waals surface area contributed by atoms with Gasteiger partial charge in [-0.1, -0.05) is 6.92 Å². The van der Waals surface area contributed by atoms with Gasteiger partial charge in [-0.25, -0.2) is 0 Å². The Hall–Kier alpha value is -0.0200. The molecule has 0 spiro atoms. The Morgan fingerprint density at radius 3 is 2.69 bits per heavy atom. The van der Waals surface area contributed by atoms with Crippen molar-refractivity contribution in [2.24, 2.45) is 5.92 Å². The van der Waals surface area contributed by atoms with Crippen LogP contribution in [-0.2, 0) is 4.79 Å². The average molecular weight is 201 g/mol. The number of thioether (sulfide) groups is 1. The first kappa shape index (κ1) is 11.1. The van der Waals surface area contributed by atoms with Gasteiger partial charge in [0.15, 0.2) is 0 Å². The molecule has 1 aliphatic heterocycles. The Morgan fingerprint density at radius 1 is 1.46 bits per heavy atom. The van der Waals surface area contributed by atoms with Crippen molar-refractivity contribution in [2.45, 2.75) is 19.8 Å². The van der Waals surface area contributed by atoms with Crippen LogP contribution in [0.15, 0.2) is 0 Å². The van der Waals surface area contributed by atoms with Gasteiger partial charge >= 0.3 is 0 Å². The third-order valence-electron chi connectivity index (χ3n) is 2.58. The van der Waals surface area contributed by atoms with Crippen molar-refractivity contribution in [3.05, 3.63) is 0 Å². The highest BCUT2D eigenvalue weighted by Crippen LogP contribution is 2.15. The van der Waals surface area contributed by atoms with Crippen LogP contribution < -0.4 is 0 Å². The minimum Gasteiger partial charge on any atom is -0.303 e. The van der Waals surface area contributed by atoms with Gasteiger partial charge in [0.05, 0.1) is 0 Å². The number of carbonyl (C=O) groups excluding carboxylic acids is 1. The Balaban J connectivity index is 2.07. The molecule has 2 nitrogen and oxygen atoms in total. The summed E-state index contributed by atoms with van der Waals surface area (Å²) in [6.07, 6.45) is 3.26. The fourth-order valence-electron chi connectivity index (χ4n) is 1.65. The molecular formula is C10H19NOS. The fraction of sp³-hybridized carbons (Fsp3) is 0.900. The number of piperidine rings is 1. The first-order chi connectivity index (χ1) is 6.36. The molecule has 0 aromatic heterocycles. The number of rotatable bonds is 5. The summed E-state index contributed by atoms with van der Waals surface area (Å²) in [6.45, 7) is 5.63. The van der Waals surface area contributed by atoms with Crippen LogP contribution in [0, 0.1) is 5.92 Å². The van der Waals surface area contributed by atoms with E-state index in [0.29, 0.717) is 5.92 Å². The highest BCUT2D eigenvalue weighted by molar-refractivity contribution is 7.99. The number of hydrogen-bond acceptors (Lipinski definition) is 3. The van der Waals surface area contributed by atoms with Gasteiger partial charge in [0.1, 0.15) is 6.29 Å². The van der Waals surface area contributed by atoms with E-state index in [0.717, 1.165) is 32.2 Å². The van der Waals surface area contributed by atoms with Gasteiger partial charge in [-0.3, -0.25) is 0 Å². The van der Waals surface area contributed by atoms with Gasteiger partial charge in [0.2, 0.25) is 0 Å². The molecule has 0 unspecified atom stereocenters. The van der Waals surface area contributed by atoms with Crippen molar-refractivity contribution in [2.75, 3.05) is 31.1 Å². The zero-order valence-corrected chi connectivity index (χ0v) is 9.18. The van der Waals surface area contributed by atoms with Crippen LogP contribution in [-0.4, -0.2) is 42.3 Å². The quantitative estimate of drug-likeness (QED) is 0.498. The third kappa shape index (κ3) is 4.14. The number of likely N-dealkylation sites (tertiary alicyclic amines) is 1. The molecule has 76 valence electrons. The molecule has 0 N–H and O–H groups in total.